The molecular weight excluding hydrogens is 315 g/mol. The zero-order chi connectivity index (χ0) is 10.6. The Morgan fingerprint density at radius 1 is 0.833 bits per heavy atom. The van der Waals surface area contributed by atoms with Gasteiger partial charge >= 0.3 is 16.8 Å². The third kappa shape index (κ3) is 10.2. The highest BCUT2D eigenvalue weighted by atomic mass is 127. The van der Waals surface area contributed by atoms with E-state index in [1.807, 2.05) is 0 Å². The van der Waals surface area contributed by atoms with Crippen molar-refractivity contribution in [3.05, 3.63) is 0 Å². The van der Waals surface area contributed by atoms with Gasteiger partial charge in [0, 0.05) is 22.6 Å². The summed E-state index contributed by atoms with van der Waals surface area (Å²) in [5.41, 5.74) is 0. The Kier molecular flexibility index (Phi) is 6.14. The monoisotopic (exact) mass is 316 g/mol. The normalized spacial score (nSPS) is 12.5. The first-order valence-corrected chi connectivity index (χ1v) is 3.12. The van der Waals surface area contributed by atoms with Gasteiger partial charge in [-0.1, -0.05) is 0 Å². The minimum Gasteiger partial charge on any atom is -0.184 e. The highest BCUT2D eigenvalue weighted by Gasteiger charge is 2.55. The van der Waals surface area contributed by atoms with Crippen molar-refractivity contribution in [1.29, 1.82) is 0 Å². The molecular formula is C3HF8I. The number of hydrogen-bond acceptors (Lipinski definition) is 0. The molecule has 0 aromatic carbocycles. The van der Waals surface area contributed by atoms with Crippen LogP contribution < -0.4 is 0 Å². The second kappa shape index (κ2) is 5.02. The summed E-state index contributed by atoms with van der Waals surface area (Å²) >= 11 is 0.0250. The topological polar surface area (TPSA) is 0 Å². The molecule has 9 heteroatoms. The molecule has 0 aliphatic carbocycles. The minimum absolute atomic E-state index is 0.0250. The Labute approximate surface area is 75.1 Å². The summed E-state index contributed by atoms with van der Waals surface area (Å²) in [5.74, 6) is 0. The highest BCUT2D eigenvalue weighted by Crippen LogP contribution is 2.40. The van der Waals surface area contributed by atoms with Gasteiger partial charge < -0.3 is 0 Å². The van der Waals surface area contributed by atoms with Crippen molar-refractivity contribution in [2.24, 2.45) is 0 Å². The molecule has 0 amide bonds. The minimum atomic E-state index is -5.41. The number of rotatable bonds is 0. The van der Waals surface area contributed by atoms with Crippen molar-refractivity contribution in [2.45, 2.75) is 16.8 Å². The van der Waals surface area contributed by atoms with Crippen LogP contribution in [-0.4, -0.2) is 16.8 Å². The lowest BCUT2D eigenvalue weighted by Gasteiger charge is -2.10. The average molecular weight is 316 g/mol. The summed E-state index contributed by atoms with van der Waals surface area (Å²) < 4.78 is 79.0. The molecule has 76 valence electrons. The van der Waals surface area contributed by atoms with E-state index >= 15 is 0 Å². The van der Waals surface area contributed by atoms with Crippen molar-refractivity contribution < 1.29 is 35.1 Å². The molecule has 0 rings (SSSR count). The zero-order valence-electron chi connectivity index (χ0n) is 4.98. The maximum atomic E-state index is 11.1. The second-order valence-corrected chi connectivity index (χ2v) is 2.60. The molecule has 0 aliphatic rings. The second-order valence-electron chi connectivity index (χ2n) is 1.24. The fraction of sp³-hybridized carbons (Fsp3) is 1.00. The van der Waals surface area contributed by atoms with Gasteiger partial charge in [0.15, 0.2) is 0 Å². The molecule has 0 aliphatic heterocycles. The molecule has 0 radical (unpaired) electrons. The molecule has 0 nitrogen and oxygen atoms in total. The van der Waals surface area contributed by atoms with Crippen LogP contribution in [0.25, 0.3) is 0 Å². The SMILES string of the molecule is FC(F)(F)C(F)(F)I.FC(F)F. The average Bonchev–Trinajstić information content (AvgIpc) is 1.55. The molecule has 0 bridgehead atoms. The third-order valence-corrected chi connectivity index (χ3v) is 0.933. The molecule has 0 saturated carbocycles. The van der Waals surface area contributed by atoms with E-state index in [2.05, 4.69) is 0 Å². The Morgan fingerprint density at radius 2 is 0.917 bits per heavy atom. The fourth-order valence-corrected chi connectivity index (χ4v) is 0. The lowest BCUT2D eigenvalue weighted by atomic mass is 10.7. The van der Waals surface area contributed by atoms with Crippen LogP contribution in [0.3, 0.4) is 0 Å². The first-order valence-electron chi connectivity index (χ1n) is 2.04. The van der Waals surface area contributed by atoms with Crippen LogP contribution in [0, 0.1) is 0 Å². The molecule has 0 atom stereocenters. The maximum absolute atomic E-state index is 11.1. The van der Waals surface area contributed by atoms with Crippen LogP contribution in [0.5, 0.6) is 0 Å². The summed E-state index contributed by atoms with van der Waals surface area (Å²) in [5, 5.41) is 0. The quantitative estimate of drug-likeness (QED) is 0.363. The molecule has 0 aromatic rings. The smallest absolute Gasteiger partial charge is 0.184 e. The maximum Gasteiger partial charge on any atom is 0.463 e. The zero-order valence-corrected chi connectivity index (χ0v) is 7.14. The van der Waals surface area contributed by atoms with Crippen molar-refractivity contribution in [3.63, 3.8) is 0 Å². The first kappa shape index (κ1) is 14.7. The number of halogens is 9. The van der Waals surface area contributed by atoms with E-state index in [-0.39, 0.29) is 22.6 Å². The van der Waals surface area contributed by atoms with Crippen molar-refractivity contribution >= 4 is 22.6 Å². The Morgan fingerprint density at radius 3 is 0.917 bits per heavy atom. The van der Waals surface area contributed by atoms with Crippen LogP contribution in [-0.2, 0) is 0 Å². The molecule has 0 saturated heterocycles. The first-order chi connectivity index (χ1) is 4.98. The van der Waals surface area contributed by atoms with Gasteiger partial charge in [-0.3, -0.25) is 0 Å². The molecule has 0 spiro atoms. The van der Waals surface area contributed by atoms with Gasteiger partial charge in [0.1, 0.15) is 0 Å². The van der Waals surface area contributed by atoms with Crippen LogP contribution in [0.1, 0.15) is 0 Å². The standard InChI is InChI=1S/C2F5I.CHF3/c3-1(4,5)2(6,7)8;2-1(3)4/h;1H. The summed E-state index contributed by atoms with van der Waals surface area (Å²) in [6.45, 7) is -3.67. The lowest BCUT2D eigenvalue weighted by molar-refractivity contribution is -0.228. The number of hydrogen-bond donors (Lipinski definition) is 0. The van der Waals surface area contributed by atoms with Crippen molar-refractivity contribution in [1.82, 2.24) is 0 Å². The van der Waals surface area contributed by atoms with Crippen molar-refractivity contribution in [3.8, 4) is 0 Å². The van der Waals surface area contributed by atoms with Gasteiger partial charge in [-0.05, 0) is 0 Å². The Bertz CT molecular complexity index is 95.7. The largest absolute Gasteiger partial charge is 0.463 e. The predicted molar refractivity (Wildman–Crippen MR) is 32.1 cm³/mol. The van der Waals surface area contributed by atoms with Gasteiger partial charge in [0.05, 0.1) is 0 Å². The van der Waals surface area contributed by atoms with E-state index in [4.69, 9.17) is 0 Å². The van der Waals surface area contributed by atoms with E-state index in [1.165, 1.54) is 0 Å². The van der Waals surface area contributed by atoms with Gasteiger partial charge in [0.2, 0.25) is 0 Å². The van der Waals surface area contributed by atoms with Crippen molar-refractivity contribution in [2.75, 3.05) is 0 Å². The van der Waals surface area contributed by atoms with Gasteiger partial charge in [-0.2, -0.15) is 35.1 Å². The Balaban J connectivity index is 0. The molecule has 0 aromatic heterocycles. The summed E-state index contributed by atoms with van der Waals surface area (Å²) in [7, 11) is 0. The third-order valence-electron chi connectivity index (χ3n) is 0.321. The fourth-order valence-electron chi connectivity index (χ4n) is 0. The van der Waals surface area contributed by atoms with Gasteiger partial charge in [-0.15, -0.1) is 0 Å². The van der Waals surface area contributed by atoms with E-state index in [1.54, 1.807) is 0 Å². The van der Waals surface area contributed by atoms with E-state index in [9.17, 15) is 35.1 Å². The molecule has 0 fully saturated rings. The van der Waals surface area contributed by atoms with Crippen LogP contribution >= 0.6 is 22.6 Å². The highest BCUT2D eigenvalue weighted by molar-refractivity contribution is 14.1. The van der Waals surface area contributed by atoms with Gasteiger partial charge in [0.25, 0.3) is 0 Å². The molecule has 12 heavy (non-hydrogen) atoms. The predicted octanol–water partition coefficient (Wildman–Crippen LogP) is 3.75. The van der Waals surface area contributed by atoms with Crippen LogP contribution in [0.4, 0.5) is 35.1 Å². The van der Waals surface area contributed by atoms with E-state index < -0.39 is 16.8 Å². The van der Waals surface area contributed by atoms with E-state index in [0.29, 0.717) is 0 Å². The number of alkyl halides is 9. The van der Waals surface area contributed by atoms with Crippen LogP contribution in [0.15, 0.2) is 0 Å². The Hall–Kier alpha value is 0.170. The molecule has 0 N–H and O–H groups in total. The summed E-state index contributed by atoms with van der Waals surface area (Å²) in [6, 6.07) is 0. The summed E-state index contributed by atoms with van der Waals surface area (Å²) in [6.07, 6.45) is -5.41. The summed E-state index contributed by atoms with van der Waals surface area (Å²) in [4.78, 5) is 0. The van der Waals surface area contributed by atoms with E-state index in [0.717, 1.165) is 0 Å². The molecule has 0 unspecified atom stereocenters. The molecule has 0 heterocycles. The van der Waals surface area contributed by atoms with Crippen LogP contribution in [0.2, 0.25) is 0 Å². The lowest BCUT2D eigenvalue weighted by Crippen LogP contribution is -2.29. The van der Waals surface area contributed by atoms with Gasteiger partial charge in [-0.25, -0.2) is 0 Å².